The van der Waals surface area contributed by atoms with Crippen LogP contribution in [0.25, 0.3) is 21.1 Å². The van der Waals surface area contributed by atoms with Crippen molar-refractivity contribution in [2.75, 3.05) is 16.0 Å². The van der Waals surface area contributed by atoms with Crippen molar-refractivity contribution in [2.24, 2.45) is 0 Å². The van der Waals surface area contributed by atoms with E-state index in [4.69, 9.17) is 39.2 Å². The Morgan fingerprint density at radius 1 is 0.464 bits per heavy atom. The summed E-state index contributed by atoms with van der Waals surface area (Å²) < 4.78 is 9.58. The van der Waals surface area contributed by atoms with Gasteiger partial charge < -0.3 is 36.3 Å². The number of hydrogen-bond donors (Lipinski definition) is 6. The van der Waals surface area contributed by atoms with Gasteiger partial charge in [-0.3, -0.25) is 14.4 Å². The first-order chi connectivity index (χ1) is 39.7. The predicted molar refractivity (Wildman–Crippen MR) is 354 cm³/mol. The summed E-state index contributed by atoms with van der Waals surface area (Å²) in [6.45, 7) is 2.05. The van der Waals surface area contributed by atoms with Gasteiger partial charge in [-0.05, 0) is 199 Å². The van der Waals surface area contributed by atoms with Crippen molar-refractivity contribution in [3.63, 3.8) is 0 Å². The minimum absolute atomic E-state index is 0. The minimum atomic E-state index is -0.591. The van der Waals surface area contributed by atoms with Gasteiger partial charge in [0.25, 0.3) is 17.7 Å². The van der Waals surface area contributed by atoms with Gasteiger partial charge in [0.15, 0.2) is 6.17 Å². The number of rotatable bonds is 15. The first kappa shape index (κ1) is 64.0. The molecule has 0 saturated carbocycles. The van der Waals surface area contributed by atoms with Crippen molar-refractivity contribution >= 4 is 150 Å². The monoisotopic (exact) mass is 1390 g/mol. The average molecular weight is 1390 g/mol. The summed E-state index contributed by atoms with van der Waals surface area (Å²) in [5.74, 6) is -0.255. The van der Waals surface area contributed by atoms with E-state index in [1.165, 1.54) is 10.3 Å². The maximum Gasteiger partial charge on any atom is 0.271 e. The van der Waals surface area contributed by atoms with Gasteiger partial charge in [-0.1, -0.05) is 116 Å². The van der Waals surface area contributed by atoms with Gasteiger partial charge in [0.1, 0.15) is 40.8 Å². The first-order valence-corrected chi connectivity index (χ1v) is 29.4. The molecule has 0 bridgehead atoms. The molecule has 11 rings (SSSR count). The SMILES string of the molecule is C.C.Cc1ccc(NC(NC(=O)c2ccc(Br)cn2)c2cc3ccccc3s2)cc1.O=C(NC(Nc1ccc(Cl)cc1)c1cc2ccccc2o1)c1ccc(Br)cn1.O=C(NC(Nc1ccc(Cl)cc1)c1ccc(Cl)cc1)c1ccc(Br)cn1. The maximum atomic E-state index is 12.8. The number of fused-ring (bicyclic) bond motifs is 2. The van der Waals surface area contributed by atoms with Crippen molar-refractivity contribution < 1.29 is 18.8 Å². The molecule has 3 amide bonds. The van der Waals surface area contributed by atoms with Crippen molar-refractivity contribution in [1.29, 1.82) is 0 Å². The molecule has 5 heterocycles. The zero-order valence-corrected chi connectivity index (χ0v) is 50.9. The number of thiophene rings is 1. The topological polar surface area (TPSA) is 175 Å². The van der Waals surface area contributed by atoms with E-state index in [1.807, 2.05) is 116 Å². The highest BCUT2D eigenvalue weighted by molar-refractivity contribution is 9.11. The zero-order chi connectivity index (χ0) is 57.5. The Bertz CT molecular complexity index is 3670. The lowest BCUT2D eigenvalue weighted by atomic mass is 10.1. The van der Waals surface area contributed by atoms with Crippen LogP contribution in [0, 0.1) is 6.92 Å². The van der Waals surface area contributed by atoms with Gasteiger partial charge in [-0.15, -0.1) is 11.3 Å². The summed E-state index contributed by atoms with van der Waals surface area (Å²) in [6.07, 6.45) is 3.36. The van der Waals surface area contributed by atoms with E-state index < -0.39 is 12.3 Å². The fourth-order valence-corrected chi connectivity index (χ4v) is 10.0. The summed E-state index contributed by atoms with van der Waals surface area (Å²) in [7, 11) is 0. The lowest BCUT2D eigenvalue weighted by molar-refractivity contribution is 0.0925. The Balaban J connectivity index is 0.000000179. The van der Waals surface area contributed by atoms with Crippen molar-refractivity contribution in [3.05, 3.63) is 280 Å². The number of carbonyl (C=O) groups is 3. The van der Waals surface area contributed by atoms with E-state index in [0.717, 1.165) is 57.3 Å². The number of aromatic nitrogens is 3. The molecule has 0 spiro atoms. The highest BCUT2D eigenvalue weighted by Crippen LogP contribution is 2.32. The molecule has 0 aliphatic rings. The number of pyridine rings is 3. The van der Waals surface area contributed by atoms with Crippen LogP contribution in [-0.4, -0.2) is 32.7 Å². The van der Waals surface area contributed by atoms with Crippen LogP contribution in [0.5, 0.6) is 0 Å². The number of carbonyl (C=O) groups excluding carboxylic acids is 3. The third kappa shape index (κ3) is 18.2. The molecule has 5 aromatic heterocycles. The predicted octanol–water partition coefficient (Wildman–Crippen LogP) is 18.7. The molecule has 84 heavy (non-hydrogen) atoms. The number of halogens is 6. The van der Waals surface area contributed by atoms with Crippen molar-refractivity contribution in [1.82, 2.24) is 30.9 Å². The number of anilines is 3. The quantitative estimate of drug-likeness (QED) is 0.0542. The Morgan fingerprint density at radius 2 is 0.869 bits per heavy atom. The van der Waals surface area contributed by atoms with Crippen LogP contribution >= 0.6 is 93.9 Å². The van der Waals surface area contributed by atoms with Crippen LogP contribution in [0.15, 0.2) is 231 Å². The molecule has 6 N–H and O–H groups in total. The molecule has 0 saturated heterocycles. The Kier molecular flexibility index (Phi) is 23.5. The number of amides is 3. The third-order valence-electron chi connectivity index (χ3n) is 12.0. The number of nitrogens with one attached hydrogen (secondary N) is 6. The second kappa shape index (κ2) is 30.8. The number of furan rings is 1. The van der Waals surface area contributed by atoms with E-state index in [0.29, 0.717) is 37.9 Å². The van der Waals surface area contributed by atoms with Crippen LogP contribution in [0.1, 0.15) is 86.6 Å². The third-order valence-corrected chi connectivity index (χ3v) is 15.4. The second-order valence-corrected chi connectivity index (χ2v) is 23.2. The van der Waals surface area contributed by atoms with Crippen molar-refractivity contribution in [3.8, 4) is 0 Å². The van der Waals surface area contributed by atoms with E-state index in [2.05, 4.69) is 113 Å². The van der Waals surface area contributed by atoms with Crippen LogP contribution in [-0.2, 0) is 0 Å². The Labute approximate surface area is 531 Å². The zero-order valence-electron chi connectivity index (χ0n) is 43.1. The molecule has 3 atom stereocenters. The fourth-order valence-electron chi connectivity index (χ4n) is 7.89. The molecule has 13 nitrogen and oxygen atoms in total. The maximum absolute atomic E-state index is 12.8. The molecule has 6 aromatic carbocycles. The molecule has 11 aromatic rings. The molecule has 20 heteroatoms. The highest BCUT2D eigenvalue weighted by Gasteiger charge is 2.22. The van der Waals surface area contributed by atoms with Crippen LogP contribution in [0.4, 0.5) is 17.1 Å². The average Bonchev–Trinajstić information content (AvgIpc) is 4.33. The van der Waals surface area contributed by atoms with Crippen LogP contribution < -0.4 is 31.9 Å². The van der Waals surface area contributed by atoms with Crippen molar-refractivity contribution in [2.45, 2.75) is 40.3 Å². The van der Waals surface area contributed by atoms with E-state index in [1.54, 1.807) is 96.7 Å². The number of benzene rings is 6. The van der Waals surface area contributed by atoms with E-state index in [-0.39, 0.29) is 38.7 Å². The summed E-state index contributed by atoms with van der Waals surface area (Å²) in [5.41, 5.74) is 6.35. The smallest absolute Gasteiger partial charge is 0.271 e. The minimum Gasteiger partial charge on any atom is -0.457 e. The molecule has 0 radical (unpaired) electrons. The summed E-state index contributed by atoms with van der Waals surface area (Å²) in [4.78, 5) is 51.6. The Hall–Kier alpha value is -7.61. The van der Waals surface area contributed by atoms with Gasteiger partial charge in [0.2, 0.25) is 0 Å². The molecule has 0 fully saturated rings. The van der Waals surface area contributed by atoms with Gasteiger partial charge in [0.05, 0.1) is 0 Å². The van der Waals surface area contributed by atoms with Gasteiger partial charge in [0, 0.05) is 79.1 Å². The van der Waals surface area contributed by atoms with E-state index in [9.17, 15) is 14.4 Å². The number of aryl methyl sites for hydroxylation is 1. The van der Waals surface area contributed by atoms with Gasteiger partial charge in [-0.25, -0.2) is 15.0 Å². The first-order valence-electron chi connectivity index (χ1n) is 25.0. The second-order valence-electron chi connectivity index (χ2n) is 18.0. The molecule has 0 aliphatic carbocycles. The standard InChI is InChI=1S/C22H18BrN3OS.C21H15BrClN3O2.C19H14BrCl2N3O.2CH4/c1-14-6-9-17(10-7-14)25-21(20-12-15-4-2-3-5-19(15)28-20)26-22(27)18-11-8-16(23)13-24-18;22-14-5-10-17(24-12-14)21(27)26-20(25-16-8-6-15(23)7-9-16)19-11-13-3-1-2-4-18(13)28-19;20-13-3-10-17(23-11-13)19(26)25-18(12-1-4-14(21)5-2-12)24-16-8-6-15(22)7-9-16;;/h2-13,21,25H,1H3,(H,26,27);1-12,20,25H,(H,26,27);1-11,18,24H,(H,25,26);2*1H4. The molecular weight excluding hydrogens is 1340 g/mol. The number of nitrogens with zero attached hydrogens (tertiary/aromatic N) is 3. The van der Waals surface area contributed by atoms with Gasteiger partial charge >= 0.3 is 0 Å². The lowest BCUT2D eigenvalue weighted by Gasteiger charge is -2.22. The van der Waals surface area contributed by atoms with Crippen LogP contribution in [0.3, 0.4) is 0 Å². The normalized spacial score (nSPS) is 11.6. The van der Waals surface area contributed by atoms with Gasteiger partial charge in [-0.2, -0.15) is 0 Å². The molecule has 0 aliphatic heterocycles. The summed E-state index contributed by atoms with van der Waals surface area (Å²) >= 11 is 29.5. The molecular formula is C64H55Br3Cl3N9O4S. The fraction of sp³-hybridized carbons (Fsp3) is 0.0938. The largest absolute Gasteiger partial charge is 0.457 e. The Morgan fingerprint density at radius 3 is 1.33 bits per heavy atom. The molecule has 3 unspecified atom stereocenters. The summed E-state index contributed by atoms with van der Waals surface area (Å²) in [5, 5.41) is 23.0. The highest BCUT2D eigenvalue weighted by atomic mass is 79.9. The van der Waals surface area contributed by atoms with Crippen LogP contribution in [0.2, 0.25) is 15.1 Å². The van der Waals surface area contributed by atoms with E-state index >= 15 is 0 Å². The molecule has 428 valence electrons. The number of para-hydroxylation sites is 1. The number of hydrogen-bond acceptors (Lipinski definition) is 11. The lowest BCUT2D eigenvalue weighted by Crippen LogP contribution is -2.33. The summed E-state index contributed by atoms with van der Waals surface area (Å²) in [6, 6.07) is 60.1.